The van der Waals surface area contributed by atoms with Crippen molar-refractivity contribution < 1.29 is 28.6 Å². The van der Waals surface area contributed by atoms with Gasteiger partial charge >= 0.3 is 6.03 Å². The molecule has 1 aliphatic heterocycles. The van der Waals surface area contributed by atoms with E-state index < -0.39 is 17.8 Å². The number of imide groups is 2. The van der Waals surface area contributed by atoms with E-state index in [0.29, 0.717) is 47.7 Å². The number of barbiturate groups is 1. The van der Waals surface area contributed by atoms with E-state index >= 15 is 0 Å². The Labute approximate surface area is 222 Å². The second-order valence-corrected chi connectivity index (χ2v) is 8.90. The maximum Gasteiger partial charge on any atom is 0.335 e. The number of amides is 4. The van der Waals surface area contributed by atoms with Crippen LogP contribution in [0.5, 0.6) is 17.2 Å². The van der Waals surface area contributed by atoms with Crippen LogP contribution >= 0.6 is 11.6 Å². The number of hydrogen-bond acceptors (Lipinski definition) is 6. The first-order valence-corrected chi connectivity index (χ1v) is 13.0. The lowest BCUT2D eigenvalue weighted by atomic mass is 10.1. The molecule has 37 heavy (non-hydrogen) atoms. The molecule has 198 valence electrons. The molecule has 8 nitrogen and oxygen atoms in total. The lowest BCUT2D eigenvalue weighted by molar-refractivity contribution is -0.122. The molecule has 0 bridgehead atoms. The second kappa shape index (κ2) is 13.7. The third-order valence-corrected chi connectivity index (χ3v) is 5.81. The van der Waals surface area contributed by atoms with E-state index in [-0.39, 0.29) is 11.3 Å². The van der Waals surface area contributed by atoms with Gasteiger partial charge in [0.25, 0.3) is 11.8 Å². The molecule has 2 aromatic carbocycles. The summed E-state index contributed by atoms with van der Waals surface area (Å²) >= 11 is 6.20. The van der Waals surface area contributed by atoms with Crippen molar-refractivity contribution in [3.63, 3.8) is 0 Å². The quantitative estimate of drug-likeness (QED) is 0.190. The van der Waals surface area contributed by atoms with Gasteiger partial charge in [0.15, 0.2) is 11.5 Å². The average Bonchev–Trinajstić information content (AvgIpc) is 2.87. The van der Waals surface area contributed by atoms with Gasteiger partial charge in [0, 0.05) is 16.7 Å². The monoisotopic (exact) mass is 528 g/mol. The SMILES string of the molecule is CCCCCCOc1ccc(Cl)cc1/C=C1\C(=O)NC(=O)N(c2ccc(OCCC)c(OCC)c2)C1=O. The van der Waals surface area contributed by atoms with Crippen molar-refractivity contribution in [2.75, 3.05) is 24.7 Å². The number of unbranched alkanes of at least 4 members (excludes halogenated alkanes) is 3. The number of rotatable bonds is 13. The summed E-state index contributed by atoms with van der Waals surface area (Å²) in [5, 5.41) is 2.66. The van der Waals surface area contributed by atoms with Crippen LogP contribution in [-0.4, -0.2) is 37.7 Å². The smallest absolute Gasteiger partial charge is 0.335 e. The summed E-state index contributed by atoms with van der Waals surface area (Å²) in [5.41, 5.74) is 0.489. The standard InChI is InChI=1S/C28H33ClN2O6/c1-4-7-8-9-15-37-23-12-10-20(29)16-19(23)17-22-26(32)30-28(34)31(27(22)33)21-11-13-24(36-14-5-2)25(18-21)35-6-3/h10-13,16-18H,4-9,14-15H2,1-3H3,(H,30,32,34)/b22-17+. The second-order valence-electron chi connectivity index (χ2n) is 8.46. The van der Waals surface area contributed by atoms with E-state index in [1.807, 2.05) is 13.8 Å². The summed E-state index contributed by atoms with van der Waals surface area (Å²) < 4.78 is 17.3. The van der Waals surface area contributed by atoms with Crippen LogP contribution in [0.1, 0.15) is 58.4 Å². The number of halogens is 1. The highest BCUT2D eigenvalue weighted by atomic mass is 35.5. The van der Waals surface area contributed by atoms with E-state index in [1.165, 1.54) is 6.08 Å². The minimum absolute atomic E-state index is 0.220. The summed E-state index contributed by atoms with van der Waals surface area (Å²) in [6.07, 6.45) is 6.37. The summed E-state index contributed by atoms with van der Waals surface area (Å²) in [4.78, 5) is 39.8. The maximum absolute atomic E-state index is 13.4. The van der Waals surface area contributed by atoms with Crippen molar-refractivity contribution >= 4 is 41.2 Å². The van der Waals surface area contributed by atoms with Crippen LogP contribution in [0.4, 0.5) is 10.5 Å². The number of ether oxygens (including phenoxy) is 3. The van der Waals surface area contributed by atoms with Gasteiger partial charge in [0.1, 0.15) is 11.3 Å². The Morgan fingerprint density at radius 2 is 1.59 bits per heavy atom. The number of anilines is 1. The van der Waals surface area contributed by atoms with E-state index in [9.17, 15) is 14.4 Å². The maximum atomic E-state index is 13.4. The van der Waals surface area contributed by atoms with Crippen LogP contribution in [-0.2, 0) is 9.59 Å². The molecule has 0 atom stereocenters. The van der Waals surface area contributed by atoms with Gasteiger partial charge in [0.2, 0.25) is 0 Å². The molecule has 0 radical (unpaired) electrons. The number of hydrogen-bond donors (Lipinski definition) is 1. The molecule has 1 aliphatic rings. The lowest BCUT2D eigenvalue weighted by Gasteiger charge is -2.27. The fourth-order valence-corrected chi connectivity index (χ4v) is 3.94. The molecule has 0 unspecified atom stereocenters. The van der Waals surface area contributed by atoms with Crippen molar-refractivity contribution in [2.45, 2.75) is 52.9 Å². The van der Waals surface area contributed by atoms with E-state index in [1.54, 1.807) is 36.4 Å². The van der Waals surface area contributed by atoms with Crippen molar-refractivity contribution in [2.24, 2.45) is 0 Å². The molecule has 3 rings (SSSR count). The summed E-state index contributed by atoms with van der Waals surface area (Å²) in [6, 6.07) is 8.90. The van der Waals surface area contributed by atoms with E-state index in [4.69, 9.17) is 25.8 Å². The fraction of sp³-hybridized carbons (Fsp3) is 0.393. The predicted octanol–water partition coefficient (Wildman–Crippen LogP) is 6.15. The Morgan fingerprint density at radius 3 is 2.32 bits per heavy atom. The van der Waals surface area contributed by atoms with Gasteiger partial charge in [-0.25, -0.2) is 9.69 Å². The molecule has 0 saturated carbocycles. The van der Waals surface area contributed by atoms with Gasteiger partial charge < -0.3 is 14.2 Å². The molecule has 1 saturated heterocycles. The predicted molar refractivity (Wildman–Crippen MR) is 143 cm³/mol. The average molecular weight is 529 g/mol. The highest BCUT2D eigenvalue weighted by molar-refractivity contribution is 6.39. The minimum atomic E-state index is -0.852. The third kappa shape index (κ3) is 7.26. The van der Waals surface area contributed by atoms with Crippen LogP contribution in [0.15, 0.2) is 42.0 Å². The summed E-state index contributed by atoms with van der Waals surface area (Å²) in [7, 11) is 0. The molecular formula is C28H33ClN2O6. The number of nitrogens with one attached hydrogen (secondary N) is 1. The van der Waals surface area contributed by atoms with Crippen LogP contribution in [0, 0.1) is 0 Å². The zero-order valence-electron chi connectivity index (χ0n) is 21.5. The number of carbonyl (C=O) groups excluding carboxylic acids is 3. The molecule has 2 aromatic rings. The summed E-state index contributed by atoms with van der Waals surface area (Å²) in [5.74, 6) is -0.178. The molecule has 0 aromatic heterocycles. The van der Waals surface area contributed by atoms with Crippen LogP contribution in [0.25, 0.3) is 6.08 Å². The molecule has 0 aliphatic carbocycles. The molecule has 1 heterocycles. The Kier molecular flexibility index (Phi) is 10.4. The molecule has 1 N–H and O–H groups in total. The van der Waals surface area contributed by atoms with Gasteiger partial charge in [-0.2, -0.15) is 0 Å². The first-order chi connectivity index (χ1) is 17.9. The molecule has 9 heteroatoms. The molecular weight excluding hydrogens is 496 g/mol. The van der Waals surface area contributed by atoms with Gasteiger partial charge in [-0.1, -0.05) is 44.7 Å². The number of nitrogens with zero attached hydrogens (tertiary/aromatic N) is 1. The number of urea groups is 1. The first-order valence-electron chi connectivity index (χ1n) is 12.6. The molecule has 1 fully saturated rings. The number of carbonyl (C=O) groups is 3. The van der Waals surface area contributed by atoms with Crippen molar-refractivity contribution in [1.82, 2.24) is 5.32 Å². The lowest BCUT2D eigenvalue weighted by Crippen LogP contribution is -2.54. The summed E-state index contributed by atoms with van der Waals surface area (Å²) in [6.45, 7) is 7.30. The first kappa shape index (κ1) is 28.1. The van der Waals surface area contributed by atoms with Gasteiger partial charge in [-0.3, -0.25) is 14.9 Å². The zero-order valence-corrected chi connectivity index (χ0v) is 22.2. The van der Waals surface area contributed by atoms with Gasteiger partial charge in [-0.15, -0.1) is 0 Å². The van der Waals surface area contributed by atoms with Crippen LogP contribution in [0.2, 0.25) is 5.02 Å². The van der Waals surface area contributed by atoms with Crippen molar-refractivity contribution in [3.8, 4) is 17.2 Å². The highest BCUT2D eigenvalue weighted by Crippen LogP contribution is 2.34. The normalized spacial score (nSPS) is 14.6. The largest absolute Gasteiger partial charge is 0.493 e. The Morgan fingerprint density at radius 1 is 0.838 bits per heavy atom. The Bertz CT molecular complexity index is 1160. The van der Waals surface area contributed by atoms with Crippen molar-refractivity contribution in [1.29, 1.82) is 0 Å². The van der Waals surface area contributed by atoms with Crippen LogP contribution < -0.4 is 24.4 Å². The topological polar surface area (TPSA) is 94.2 Å². The zero-order chi connectivity index (χ0) is 26.8. The van der Waals surface area contributed by atoms with Gasteiger partial charge in [0.05, 0.1) is 25.5 Å². The molecule has 4 amide bonds. The van der Waals surface area contributed by atoms with Gasteiger partial charge in [-0.05, 0) is 56.2 Å². The van der Waals surface area contributed by atoms with Crippen molar-refractivity contribution in [3.05, 3.63) is 52.6 Å². The minimum Gasteiger partial charge on any atom is -0.493 e. The fourth-order valence-electron chi connectivity index (χ4n) is 3.76. The van der Waals surface area contributed by atoms with E-state index in [2.05, 4.69) is 12.2 Å². The van der Waals surface area contributed by atoms with E-state index in [0.717, 1.165) is 37.0 Å². The third-order valence-electron chi connectivity index (χ3n) is 5.58. The Balaban J connectivity index is 1.92. The van der Waals surface area contributed by atoms with Crippen LogP contribution in [0.3, 0.4) is 0 Å². The number of benzene rings is 2. The molecule has 0 spiro atoms. The Hall–Kier alpha value is -3.52. The highest BCUT2D eigenvalue weighted by Gasteiger charge is 2.37.